The summed E-state index contributed by atoms with van der Waals surface area (Å²) in [5.74, 6) is 0.0422. The summed E-state index contributed by atoms with van der Waals surface area (Å²) in [4.78, 5) is 12.9. The topological polar surface area (TPSA) is 41.1 Å². The summed E-state index contributed by atoms with van der Waals surface area (Å²) < 4.78 is 0. The van der Waals surface area contributed by atoms with Crippen LogP contribution in [0.15, 0.2) is 41.8 Å². The van der Waals surface area contributed by atoms with E-state index in [1.807, 2.05) is 19.1 Å². The molecule has 0 saturated carbocycles. The van der Waals surface area contributed by atoms with Crippen LogP contribution in [0, 0.1) is 0 Å². The lowest BCUT2D eigenvalue weighted by Crippen LogP contribution is -2.30. The lowest BCUT2D eigenvalue weighted by atomic mass is 10.2. The van der Waals surface area contributed by atoms with E-state index in [9.17, 15) is 4.79 Å². The van der Waals surface area contributed by atoms with E-state index < -0.39 is 0 Å². The highest BCUT2D eigenvalue weighted by Crippen LogP contribution is 2.24. The molecule has 4 heteroatoms. The highest BCUT2D eigenvalue weighted by Gasteiger charge is 2.13. The van der Waals surface area contributed by atoms with Gasteiger partial charge in [0.05, 0.1) is 5.25 Å². The Kier molecular flexibility index (Phi) is 7.41. The average molecular weight is 292 g/mol. The Bertz CT molecular complexity index is 446. The molecule has 1 aromatic rings. The zero-order valence-corrected chi connectivity index (χ0v) is 13.3. The molecule has 1 atom stereocenters. The maximum atomic E-state index is 11.8. The molecule has 0 aliphatic rings. The monoisotopic (exact) mass is 292 g/mol. The third kappa shape index (κ3) is 6.26. The maximum Gasteiger partial charge on any atom is 0.233 e. The fourth-order valence-electron chi connectivity index (χ4n) is 1.62. The molecule has 1 rings (SSSR count). The summed E-state index contributed by atoms with van der Waals surface area (Å²) in [6, 6.07) is 8.78. The largest absolute Gasteiger partial charge is 0.352 e. The Morgan fingerprint density at radius 3 is 2.80 bits per heavy atom. The molecule has 110 valence electrons. The molecule has 0 aliphatic carbocycles. The van der Waals surface area contributed by atoms with Crippen LogP contribution in [0.3, 0.4) is 0 Å². The van der Waals surface area contributed by atoms with E-state index in [2.05, 4.69) is 43.2 Å². The van der Waals surface area contributed by atoms with Gasteiger partial charge < -0.3 is 10.6 Å². The number of carbonyl (C=O) groups is 1. The standard InChI is InChI=1S/C16H24N2OS/c1-5-9-17-16(19)13(4)20-15-8-6-7-14(10-15)11-18-12(2)3/h5-8,10,12-13,18H,1,9,11H2,2-4H3,(H,17,19). The molecule has 3 nitrogen and oxygen atoms in total. The maximum absolute atomic E-state index is 11.8. The number of hydrogen-bond acceptors (Lipinski definition) is 3. The zero-order valence-electron chi connectivity index (χ0n) is 12.5. The Balaban J connectivity index is 2.56. The van der Waals surface area contributed by atoms with Gasteiger partial charge in [-0.2, -0.15) is 0 Å². The van der Waals surface area contributed by atoms with Crippen LogP contribution < -0.4 is 10.6 Å². The number of hydrogen-bond donors (Lipinski definition) is 2. The van der Waals surface area contributed by atoms with Crippen LogP contribution in [-0.4, -0.2) is 23.7 Å². The molecule has 0 saturated heterocycles. The van der Waals surface area contributed by atoms with Crippen molar-refractivity contribution in [2.24, 2.45) is 0 Å². The summed E-state index contributed by atoms with van der Waals surface area (Å²) in [7, 11) is 0. The second kappa shape index (κ2) is 8.82. The first-order valence-corrected chi connectivity index (χ1v) is 7.78. The predicted molar refractivity (Wildman–Crippen MR) is 86.9 cm³/mol. The van der Waals surface area contributed by atoms with Crippen molar-refractivity contribution < 1.29 is 4.79 Å². The van der Waals surface area contributed by atoms with Crippen LogP contribution in [0.5, 0.6) is 0 Å². The van der Waals surface area contributed by atoms with Crippen LogP contribution in [0.2, 0.25) is 0 Å². The minimum atomic E-state index is -0.108. The van der Waals surface area contributed by atoms with Crippen molar-refractivity contribution in [2.75, 3.05) is 6.54 Å². The molecule has 0 aliphatic heterocycles. The first-order chi connectivity index (χ1) is 9.52. The van der Waals surface area contributed by atoms with Crippen LogP contribution in [0.25, 0.3) is 0 Å². The van der Waals surface area contributed by atoms with E-state index in [-0.39, 0.29) is 11.2 Å². The number of amides is 1. The van der Waals surface area contributed by atoms with Crippen molar-refractivity contribution in [1.82, 2.24) is 10.6 Å². The summed E-state index contributed by atoms with van der Waals surface area (Å²) >= 11 is 1.58. The van der Waals surface area contributed by atoms with Crippen molar-refractivity contribution in [3.63, 3.8) is 0 Å². The lowest BCUT2D eigenvalue weighted by Gasteiger charge is -2.12. The molecule has 1 aromatic carbocycles. The number of rotatable bonds is 8. The number of nitrogens with one attached hydrogen (secondary N) is 2. The highest BCUT2D eigenvalue weighted by atomic mass is 32.2. The van der Waals surface area contributed by atoms with Crippen molar-refractivity contribution in [3.05, 3.63) is 42.5 Å². The first-order valence-electron chi connectivity index (χ1n) is 6.90. The van der Waals surface area contributed by atoms with Crippen molar-refractivity contribution in [1.29, 1.82) is 0 Å². The predicted octanol–water partition coefficient (Wildman–Crippen LogP) is 2.97. The molecule has 0 heterocycles. The van der Waals surface area contributed by atoms with Gasteiger partial charge in [0.1, 0.15) is 0 Å². The molecule has 0 bridgehead atoms. The third-order valence-electron chi connectivity index (χ3n) is 2.72. The van der Waals surface area contributed by atoms with E-state index in [0.717, 1.165) is 11.4 Å². The fraction of sp³-hybridized carbons (Fsp3) is 0.438. The van der Waals surface area contributed by atoms with Gasteiger partial charge in [0.25, 0.3) is 0 Å². The minimum Gasteiger partial charge on any atom is -0.352 e. The molecular formula is C16H24N2OS. The van der Waals surface area contributed by atoms with Crippen molar-refractivity contribution >= 4 is 17.7 Å². The molecule has 20 heavy (non-hydrogen) atoms. The van der Waals surface area contributed by atoms with Crippen LogP contribution >= 0.6 is 11.8 Å². The quantitative estimate of drug-likeness (QED) is 0.572. The summed E-state index contributed by atoms with van der Waals surface area (Å²) in [5.41, 5.74) is 1.24. The van der Waals surface area contributed by atoms with Gasteiger partial charge in [0, 0.05) is 24.0 Å². The highest BCUT2D eigenvalue weighted by molar-refractivity contribution is 8.00. The second-order valence-electron chi connectivity index (χ2n) is 4.98. The van der Waals surface area contributed by atoms with Gasteiger partial charge >= 0.3 is 0 Å². The Morgan fingerprint density at radius 1 is 1.40 bits per heavy atom. The third-order valence-corrected chi connectivity index (χ3v) is 3.81. The summed E-state index contributed by atoms with van der Waals surface area (Å²) in [6.45, 7) is 11.1. The SMILES string of the molecule is C=CCNC(=O)C(C)Sc1cccc(CNC(C)C)c1. The lowest BCUT2D eigenvalue weighted by molar-refractivity contribution is -0.120. The number of carbonyl (C=O) groups excluding carboxylic acids is 1. The van der Waals surface area contributed by atoms with Crippen molar-refractivity contribution in [3.8, 4) is 0 Å². The van der Waals surface area contributed by atoms with Crippen LogP contribution in [0.4, 0.5) is 0 Å². The Labute approximate surface area is 126 Å². The van der Waals surface area contributed by atoms with Gasteiger partial charge in [-0.15, -0.1) is 18.3 Å². The average Bonchev–Trinajstić information content (AvgIpc) is 2.42. The van der Waals surface area contributed by atoms with Gasteiger partial charge in [0.15, 0.2) is 0 Å². The van der Waals surface area contributed by atoms with Crippen LogP contribution in [0.1, 0.15) is 26.3 Å². The molecule has 0 aromatic heterocycles. The van der Waals surface area contributed by atoms with Gasteiger partial charge in [-0.1, -0.05) is 32.1 Å². The minimum absolute atomic E-state index is 0.0422. The fourth-order valence-corrected chi connectivity index (χ4v) is 2.60. The Morgan fingerprint density at radius 2 is 2.15 bits per heavy atom. The zero-order chi connectivity index (χ0) is 15.0. The van der Waals surface area contributed by atoms with Gasteiger partial charge in [-0.3, -0.25) is 4.79 Å². The molecule has 0 radical (unpaired) electrons. The van der Waals surface area contributed by atoms with Crippen molar-refractivity contribution in [2.45, 2.75) is 43.5 Å². The molecular weight excluding hydrogens is 268 g/mol. The first kappa shape index (κ1) is 16.8. The van der Waals surface area contributed by atoms with E-state index in [1.165, 1.54) is 5.56 Å². The number of thioether (sulfide) groups is 1. The smallest absolute Gasteiger partial charge is 0.233 e. The normalized spacial score (nSPS) is 12.2. The van der Waals surface area contributed by atoms with E-state index >= 15 is 0 Å². The molecule has 0 fully saturated rings. The molecule has 2 N–H and O–H groups in total. The van der Waals surface area contributed by atoms with Gasteiger partial charge in [0.2, 0.25) is 5.91 Å². The van der Waals surface area contributed by atoms with Crippen LogP contribution in [-0.2, 0) is 11.3 Å². The van der Waals surface area contributed by atoms with E-state index in [4.69, 9.17) is 0 Å². The molecule has 1 amide bonds. The summed E-state index contributed by atoms with van der Waals surface area (Å²) in [6.07, 6.45) is 1.69. The van der Waals surface area contributed by atoms with E-state index in [1.54, 1.807) is 17.8 Å². The van der Waals surface area contributed by atoms with Gasteiger partial charge in [-0.05, 0) is 24.6 Å². The van der Waals surface area contributed by atoms with Gasteiger partial charge in [-0.25, -0.2) is 0 Å². The molecule has 1 unspecified atom stereocenters. The van der Waals surface area contributed by atoms with E-state index in [0.29, 0.717) is 12.6 Å². The summed E-state index contributed by atoms with van der Waals surface area (Å²) in [5, 5.41) is 6.10. The Hall–Kier alpha value is -1.26. The molecule has 0 spiro atoms. The second-order valence-corrected chi connectivity index (χ2v) is 6.39. The number of benzene rings is 1.